The van der Waals surface area contributed by atoms with Crippen LogP contribution in [0.5, 0.6) is 0 Å². The molecule has 1 aliphatic heterocycles. The lowest BCUT2D eigenvalue weighted by molar-refractivity contribution is 0.0941. The maximum Gasteiger partial charge on any atom is 0.258 e. The molecule has 3 rings (SSSR count). The highest BCUT2D eigenvalue weighted by Gasteiger charge is 2.29. The van der Waals surface area contributed by atoms with Gasteiger partial charge in [-0.2, -0.15) is 0 Å². The molecular weight excluding hydrogens is 294 g/mol. The zero-order valence-corrected chi connectivity index (χ0v) is 11.8. The second kappa shape index (κ2) is 4.96. The monoisotopic (exact) mass is 307 g/mol. The van der Waals surface area contributed by atoms with Crippen LogP contribution in [0.3, 0.4) is 0 Å². The maximum atomic E-state index is 12.1. The summed E-state index contributed by atoms with van der Waals surface area (Å²) in [5.41, 5.74) is 0.504. The summed E-state index contributed by atoms with van der Waals surface area (Å²) in [6, 6.07) is 4.22. The number of rotatable bonds is 2. The number of nitrogens with zero attached hydrogens (tertiary/aromatic N) is 1. The molecule has 110 valence electrons. The number of fused-ring (bicyclic) bond motifs is 1. The minimum Gasteiger partial charge on any atom is -0.348 e. The zero-order valence-electron chi connectivity index (χ0n) is 11.0. The van der Waals surface area contributed by atoms with E-state index >= 15 is 0 Å². The van der Waals surface area contributed by atoms with Crippen molar-refractivity contribution in [3.63, 3.8) is 0 Å². The van der Waals surface area contributed by atoms with Crippen molar-refractivity contribution in [3.05, 3.63) is 40.4 Å². The van der Waals surface area contributed by atoms with E-state index in [2.05, 4.69) is 15.3 Å². The summed E-state index contributed by atoms with van der Waals surface area (Å²) < 4.78 is 22.7. The molecule has 1 fully saturated rings. The van der Waals surface area contributed by atoms with Crippen molar-refractivity contribution < 1.29 is 13.2 Å². The van der Waals surface area contributed by atoms with E-state index in [1.807, 2.05) is 0 Å². The Morgan fingerprint density at radius 1 is 1.38 bits per heavy atom. The molecule has 1 aromatic heterocycles. The fourth-order valence-electron chi connectivity index (χ4n) is 2.39. The van der Waals surface area contributed by atoms with Gasteiger partial charge in [-0.1, -0.05) is 0 Å². The minimum absolute atomic E-state index is 0.0236. The second-order valence-electron chi connectivity index (χ2n) is 5.04. The SMILES string of the molecule is O=C(NC1CCS(=O)(=O)C1)c1ccc2c(=O)[nH]cnc2c1. The van der Waals surface area contributed by atoms with Gasteiger partial charge in [-0.25, -0.2) is 13.4 Å². The van der Waals surface area contributed by atoms with Crippen LogP contribution in [-0.2, 0) is 9.84 Å². The van der Waals surface area contributed by atoms with Crippen molar-refractivity contribution in [1.82, 2.24) is 15.3 Å². The summed E-state index contributed by atoms with van der Waals surface area (Å²) in [5, 5.41) is 3.10. The molecular formula is C13H13N3O4S. The minimum atomic E-state index is -3.04. The Bertz CT molecular complexity index is 872. The van der Waals surface area contributed by atoms with Crippen LogP contribution in [0.15, 0.2) is 29.3 Å². The fraction of sp³-hybridized carbons (Fsp3) is 0.308. The standard InChI is InChI=1S/C13H13N3O4S/c17-12(16-9-3-4-21(19,20)6-9)8-1-2-10-11(5-8)14-7-15-13(10)18/h1-2,5,7,9H,3-4,6H2,(H,16,17)(H,14,15,18). The van der Waals surface area contributed by atoms with Gasteiger partial charge in [0.05, 0.1) is 28.7 Å². The van der Waals surface area contributed by atoms with Crippen LogP contribution in [-0.4, -0.2) is 41.8 Å². The lowest BCUT2D eigenvalue weighted by Crippen LogP contribution is -2.35. The molecule has 1 aliphatic rings. The number of nitrogens with one attached hydrogen (secondary N) is 2. The molecule has 2 heterocycles. The summed E-state index contributed by atoms with van der Waals surface area (Å²) in [4.78, 5) is 30.1. The predicted octanol–water partition coefficient (Wildman–Crippen LogP) is -0.160. The number of H-pyrrole nitrogens is 1. The Kier molecular flexibility index (Phi) is 3.25. The lowest BCUT2D eigenvalue weighted by atomic mass is 10.1. The van der Waals surface area contributed by atoms with Gasteiger partial charge >= 0.3 is 0 Å². The van der Waals surface area contributed by atoms with Crippen LogP contribution in [0.2, 0.25) is 0 Å². The molecule has 1 amide bonds. The topological polar surface area (TPSA) is 109 Å². The number of sulfone groups is 1. The van der Waals surface area contributed by atoms with Crippen LogP contribution in [0.1, 0.15) is 16.8 Å². The number of hydrogen-bond acceptors (Lipinski definition) is 5. The van der Waals surface area contributed by atoms with Gasteiger partial charge in [0.1, 0.15) is 0 Å². The van der Waals surface area contributed by atoms with E-state index < -0.39 is 9.84 Å². The highest BCUT2D eigenvalue weighted by atomic mass is 32.2. The molecule has 2 N–H and O–H groups in total. The molecule has 2 aromatic rings. The van der Waals surface area contributed by atoms with Crippen molar-refractivity contribution in [2.24, 2.45) is 0 Å². The van der Waals surface area contributed by atoms with Crippen molar-refractivity contribution in [2.45, 2.75) is 12.5 Å². The molecule has 1 unspecified atom stereocenters. The third-order valence-corrected chi connectivity index (χ3v) is 5.24. The molecule has 0 aliphatic carbocycles. The van der Waals surface area contributed by atoms with Crippen LogP contribution in [0.25, 0.3) is 10.9 Å². The number of hydrogen-bond donors (Lipinski definition) is 2. The molecule has 0 bridgehead atoms. The van der Waals surface area contributed by atoms with Crippen molar-refractivity contribution in [1.29, 1.82) is 0 Å². The first kappa shape index (κ1) is 13.7. The first-order valence-corrected chi connectivity index (χ1v) is 8.25. The van der Waals surface area contributed by atoms with E-state index in [1.165, 1.54) is 24.5 Å². The Morgan fingerprint density at radius 2 is 2.19 bits per heavy atom. The number of benzene rings is 1. The molecule has 8 heteroatoms. The first-order valence-electron chi connectivity index (χ1n) is 6.43. The van der Waals surface area contributed by atoms with Crippen LogP contribution in [0, 0.1) is 0 Å². The van der Waals surface area contributed by atoms with E-state index in [-0.39, 0.29) is 29.0 Å². The van der Waals surface area contributed by atoms with Gasteiger partial charge in [-0.05, 0) is 24.6 Å². The van der Waals surface area contributed by atoms with Crippen LogP contribution < -0.4 is 10.9 Å². The largest absolute Gasteiger partial charge is 0.348 e. The second-order valence-corrected chi connectivity index (χ2v) is 7.27. The number of aromatic amines is 1. The van der Waals surface area contributed by atoms with Crippen molar-refractivity contribution in [3.8, 4) is 0 Å². The Balaban J connectivity index is 1.84. The van der Waals surface area contributed by atoms with E-state index in [9.17, 15) is 18.0 Å². The van der Waals surface area contributed by atoms with Crippen molar-refractivity contribution >= 4 is 26.6 Å². The molecule has 7 nitrogen and oxygen atoms in total. The van der Waals surface area contributed by atoms with E-state index in [0.29, 0.717) is 22.9 Å². The molecule has 1 atom stereocenters. The average molecular weight is 307 g/mol. The highest BCUT2D eigenvalue weighted by Crippen LogP contribution is 2.13. The van der Waals surface area contributed by atoms with Gasteiger partial charge in [0.15, 0.2) is 9.84 Å². The average Bonchev–Trinajstić information content (AvgIpc) is 2.78. The normalized spacial score (nSPS) is 20.5. The van der Waals surface area contributed by atoms with Gasteiger partial charge < -0.3 is 10.3 Å². The number of carbonyl (C=O) groups is 1. The van der Waals surface area contributed by atoms with E-state index in [1.54, 1.807) is 0 Å². The number of amides is 1. The molecule has 0 spiro atoms. The maximum absolute atomic E-state index is 12.1. The summed E-state index contributed by atoms with van der Waals surface area (Å²) in [5.74, 6) is -0.280. The summed E-state index contributed by atoms with van der Waals surface area (Å²) in [7, 11) is -3.04. The fourth-order valence-corrected chi connectivity index (χ4v) is 4.06. The molecule has 1 aromatic carbocycles. The zero-order chi connectivity index (χ0) is 15.0. The van der Waals surface area contributed by atoms with Gasteiger partial charge in [-0.15, -0.1) is 0 Å². The van der Waals surface area contributed by atoms with Gasteiger partial charge in [0.2, 0.25) is 0 Å². The number of carbonyl (C=O) groups excluding carboxylic acids is 1. The Labute approximate surface area is 120 Å². The third kappa shape index (κ3) is 2.80. The van der Waals surface area contributed by atoms with Gasteiger partial charge in [0, 0.05) is 11.6 Å². The van der Waals surface area contributed by atoms with E-state index in [0.717, 1.165) is 0 Å². The van der Waals surface area contributed by atoms with Gasteiger partial charge in [-0.3, -0.25) is 9.59 Å². The highest BCUT2D eigenvalue weighted by molar-refractivity contribution is 7.91. The first-order chi connectivity index (χ1) is 9.94. The number of aromatic nitrogens is 2. The van der Waals surface area contributed by atoms with E-state index in [4.69, 9.17) is 0 Å². The van der Waals surface area contributed by atoms with Gasteiger partial charge in [0.25, 0.3) is 11.5 Å². The molecule has 0 radical (unpaired) electrons. The summed E-state index contributed by atoms with van der Waals surface area (Å²) in [6.07, 6.45) is 1.70. The third-order valence-electron chi connectivity index (χ3n) is 3.47. The van der Waals surface area contributed by atoms with Crippen molar-refractivity contribution in [2.75, 3.05) is 11.5 Å². The molecule has 0 saturated carbocycles. The predicted molar refractivity (Wildman–Crippen MR) is 76.9 cm³/mol. The Hall–Kier alpha value is -2.22. The Morgan fingerprint density at radius 3 is 2.90 bits per heavy atom. The molecule has 1 saturated heterocycles. The quantitative estimate of drug-likeness (QED) is 0.801. The van der Waals surface area contributed by atoms with Crippen LogP contribution in [0.4, 0.5) is 0 Å². The molecule has 21 heavy (non-hydrogen) atoms. The summed E-state index contributed by atoms with van der Waals surface area (Å²) in [6.45, 7) is 0. The summed E-state index contributed by atoms with van der Waals surface area (Å²) >= 11 is 0. The lowest BCUT2D eigenvalue weighted by Gasteiger charge is -2.10. The smallest absolute Gasteiger partial charge is 0.258 e. The van der Waals surface area contributed by atoms with Crippen LogP contribution >= 0.6 is 0 Å².